The van der Waals surface area contributed by atoms with E-state index in [2.05, 4.69) is 4.98 Å². The third-order valence-electron chi connectivity index (χ3n) is 3.77. The molecule has 124 valence electrons. The molecule has 0 saturated heterocycles. The molecule has 0 bridgehead atoms. The van der Waals surface area contributed by atoms with E-state index in [1.807, 2.05) is 45.0 Å². The van der Waals surface area contributed by atoms with Crippen LogP contribution < -0.4 is 4.18 Å². The Kier molecular flexibility index (Phi) is 4.28. The second kappa shape index (κ2) is 6.24. The van der Waals surface area contributed by atoms with Gasteiger partial charge in [-0.3, -0.25) is 0 Å². The molecule has 0 aliphatic rings. The number of aromatic nitrogens is 1. The highest BCUT2D eigenvalue weighted by Crippen LogP contribution is 2.30. The molecule has 3 rings (SSSR count). The van der Waals surface area contributed by atoms with Crippen molar-refractivity contribution in [2.45, 2.75) is 31.6 Å². The molecule has 0 radical (unpaired) electrons. The van der Waals surface area contributed by atoms with E-state index in [0.717, 1.165) is 16.5 Å². The predicted molar refractivity (Wildman–Crippen MR) is 94.8 cm³/mol. The number of rotatable bonds is 4. The van der Waals surface area contributed by atoms with Crippen LogP contribution in [0.15, 0.2) is 59.5 Å². The molecule has 0 amide bonds. The van der Waals surface area contributed by atoms with Crippen LogP contribution in [0.1, 0.15) is 31.0 Å². The van der Waals surface area contributed by atoms with Gasteiger partial charge in [0.1, 0.15) is 4.90 Å². The molecule has 0 aliphatic heterocycles. The predicted octanol–water partition coefficient (Wildman–Crippen LogP) is 4.43. The quantitative estimate of drug-likeness (QED) is 0.659. The van der Waals surface area contributed by atoms with E-state index in [-0.39, 0.29) is 16.6 Å². The molecule has 1 heterocycles. The van der Waals surface area contributed by atoms with E-state index in [1.54, 1.807) is 30.3 Å². The highest BCUT2D eigenvalue weighted by Gasteiger charge is 2.21. The van der Waals surface area contributed by atoms with Crippen molar-refractivity contribution in [3.8, 4) is 5.75 Å². The molecule has 0 aliphatic carbocycles. The van der Waals surface area contributed by atoms with Gasteiger partial charge < -0.3 is 4.18 Å². The first-order valence-corrected chi connectivity index (χ1v) is 9.18. The highest BCUT2D eigenvalue weighted by molar-refractivity contribution is 7.87. The zero-order valence-electron chi connectivity index (χ0n) is 13.9. The van der Waals surface area contributed by atoms with E-state index in [4.69, 9.17) is 4.18 Å². The summed E-state index contributed by atoms with van der Waals surface area (Å²) in [6.07, 6.45) is 0. The van der Waals surface area contributed by atoms with Crippen molar-refractivity contribution in [2.75, 3.05) is 0 Å². The third-order valence-corrected chi connectivity index (χ3v) is 5.02. The molecule has 3 aromatic rings. The van der Waals surface area contributed by atoms with Crippen LogP contribution in [0, 0.1) is 6.92 Å². The van der Waals surface area contributed by atoms with Crippen molar-refractivity contribution in [3.05, 3.63) is 65.9 Å². The summed E-state index contributed by atoms with van der Waals surface area (Å²) < 4.78 is 30.6. The van der Waals surface area contributed by atoms with Gasteiger partial charge in [-0.05, 0) is 37.1 Å². The minimum atomic E-state index is -3.89. The Morgan fingerprint density at radius 2 is 1.67 bits per heavy atom. The van der Waals surface area contributed by atoms with Crippen molar-refractivity contribution in [1.29, 1.82) is 0 Å². The summed E-state index contributed by atoms with van der Waals surface area (Å²) in [6.45, 7) is 5.83. The fourth-order valence-electron chi connectivity index (χ4n) is 2.46. The number of benzene rings is 2. The van der Waals surface area contributed by atoms with Gasteiger partial charge >= 0.3 is 10.1 Å². The van der Waals surface area contributed by atoms with Gasteiger partial charge in [-0.25, -0.2) is 4.98 Å². The smallest absolute Gasteiger partial charge is 0.339 e. The Labute approximate surface area is 142 Å². The number of pyridine rings is 1. The Balaban J connectivity index is 2.08. The van der Waals surface area contributed by atoms with Gasteiger partial charge in [-0.2, -0.15) is 8.42 Å². The fraction of sp³-hybridized carbons (Fsp3) is 0.211. The number of fused-ring (bicyclic) bond motifs is 1. The maximum Gasteiger partial charge on any atom is 0.339 e. The summed E-state index contributed by atoms with van der Waals surface area (Å²) in [7, 11) is -3.89. The first kappa shape index (κ1) is 16.5. The van der Waals surface area contributed by atoms with Crippen LogP contribution in [-0.4, -0.2) is 13.4 Å². The van der Waals surface area contributed by atoms with Gasteiger partial charge in [0.05, 0.1) is 11.2 Å². The number of para-hydroxylation sites is 1. The molecular formula is C19H19NO3S. The highest BCUT2D eigenvalue weighted by atomic mass is 32.2. The molecule has 0 saturated carbocycles. The average molecular weight is 341 g/mol. The van der Waals surface area contributed by atoms with Gasteiger partial charge in [-0.1, -0.05) is 49.7 Å². The number of hydrogen-bond donors (Lipinski definition) is 0. The summed E-state index contributed by atoms with van der Waals surface area (Å²) in [4.78, 5) is 4.71. The molecule has 0 atom stereocenters. The van der Waals surface area contributed by atoms with E-state index in [0.29, 0.717) is 5.69 Å². The van der Waals surface area contributed by atoms with Crippen LogP contribution in [0.2, 0.25) is 0 Å². The van der Waals surface area contributed by atoms with E-state index < -0.39 is 10.1 Å². The number of nitrogens with zero attached hydrogens (tertiary/aromatic N) is 1. The average Bonchev–Trinajstić information content (AvgIpc) is 2.54. The van der Waals surface area contributed by atoms with Crippen molar-refractivity contribution < 1.29 is 12.6 Å². The molecule has 2 aromatic carbocycles. The Morgan fingerprint density at radius 1 is 1.00 bits per heavy atom. The summed E-state index contributed by atoms with van der Waals surface area (Å²) in [6, 6.07) is 15.9. The van der Waals surface area contributed by atoms with Crippen molar-refractivity contribution in [1.82, 2.24) is 4.98 Å². The zero-order chi connectivity index (χ0) is 17.3. The Morgan fingerprint density at radius 3 is 2.33 bits per heavy atom. The monoisotopic (exact) mass is 341 g/mol. The molecule has 0 fully saturated rings. The first-order valence-electron chi connectivity index (χ1n) is 7.77. The van der Waals surface area contributed by atoms with Crippen LogP contribution in [0.3, 0.4) is 0 Å². The Hall–Kier alpha value is -2.40. The van der Waals surface area contributed by atoms with Crippen LogP contribution in [0.25, 0.3) is 10.9 Å². The SMILES string of the molecule is Cc1ccc(S(=O)(=O)Oc2cc3ccccc3nc2C(C)C)cc1. The summed E-state index contributed by atoms with van der Waals surface area (Å²) in [5, 5.41) is 0.844. The number of aryl methyl sites for hydroxylation is 1. The lowest BCUT2D eigenvalue weighted by Gasteiger charge is -2.14. The maximum absolute atomic E-state index is 12.6. The second-order valence-electron chi connectivity index (χ2n) is 6.07. The number of hydrogen-bond acceptors (Lipinski definition) is 4. The van der Waals surface area contributed by atoms with Gasteiger partial charge in [0.2, 0.25) is 0 Å². The molecule has 0 spiro atoms. The lowest BCUT2D eigenvalue weighted by Crippen LogP contribution is -2.12. The zero-order valence-corrected chi connectivity index (χ0v) is 14.7. The lowest BCUT2D eigenvalue weighted by atomic mass is 10.1. The molecule has 5 heteroatoms. The maximum atomic E-state index is 12.6. The van der Waals surface area contributed by atoms with Crippen molar-refractivity contribution >= 4 is 21.0 Å². The van der Waals surface area contributed by atoms with Gasteiger partial charge in [-0.15, -0.1) is 0 Å². The fourth-order valence-corrected chi connectivity index (χ4v) is 3.40. The summed E-state index contributed by atoms with van der Waals surface area (Å²) >= 11 is 0. The molecule has 24 heavy (non-hydrogen) atoms. The minimum Gasteiger partial charge on any atom is -0.377 e. The Bertz CT molecular complexity index is 977. The van der Waals surface area contributed by atoms with Crippen LogP contribution in [-0.2, 0) is 10.1 Å². The largest absolute Gasteiger partial charge is 0.377 e. The van der Waals surface area contributed by atoms with E-state index >= 15 is 0 Å². The van der Waals surface area contributed by atoms with Crippen LogP contribution >= 0.6 is 0 Å². The molecule has 0 unspecified atom stereocenters. The standard InChI is InChI=1S/C19H19NO3S/c1-13(2)19-18(12-15-6-4-5-7-17(15)20-19)23-24(21,22)16-10-8-14(3)9-11-16/h4-13H,1-3H3. The van der Waals surface area contributed by atoms with Gasteiger partial charge in [0, 0.05) is 5.39 Å². The molecule has 1 aromatic heterocycles. The van der Waals surface area contributed by atoms with Crippen molar-refractivity contribution in [2.24, 2.45) is 0 Å². The topological polar surface area (TPSA) is 56.3 Å². The summed E-state index contributed by atoms with van der Waals surface area (Å²) in [5.74, 6) is 0.321. The van der Waals surface area contributed by atoms with Gasteiger partial charge in [0.15, 0.2) is 5.75 Å². The molecule has 0 N–H and O–H groups in total. The van der Waals surface area contributed by atoms with Crippen molar-refractivity contribution in [3.63, 3.8) is 0 Å². The molecule has 4 nitrogen and oxygen atoms in total. The van der Waals surface area contributed by atoms with Crippen LogP contribution in [0.4, 0.5) is 0 Å². The second-order valence-corrected chi connectivity index (χ2v) is 7.62. The third kappa shape index (κ3) is 3.26. The van der Waals surface area contributed by atoms with E-state index in [1.165, 1.54) is 0 Å². The first-order chi connectivity index (χ1) is 11.4. The lowest BCUT2D eigenvalue weighted by molar-refractivity contribution is 0.479. The normalized spacial score (nSPS) is 11.8. The molecular weight excluding hydrogens is 322 g/mol. The summed E-state index contributed by atoms with van der Waals surface area (Å²) in [5.41, 5.74) is 2.44. The van der Waals surface area contributed by atoms with Gasteiger partial charge in [0.25, 0.3) is 0 Å². The van der Waals surface area contributed by atoms with Crippen LogP contribution in [0.5, 0.6) is 5.75 Å². The minimum absolute atomic E-state index is 0.0397. The van der Waals surface area contributed by atoms with E-state index in [9.17, 15) is 8.42 Å².